The van der Waals surface area contributed by atoms with E-state index in [4.69, 9.17) is 24.5 Å². The number of nitrogens with one attached hydrogen (secondary N) is 2. The molecule has 0 saturated heterocycles. The fraction of sp³-hybridized carbons (Fsp3) is 0.481. The number of ether oxygens (including phenoxy) is 3. The molecular weight excluding hydrogens is 535 g/mol. The first-order valence-corrected chi connectivity index (χ1v) is 15.5. The van der Waals surface area contributed by atoms with Crippen LogP contribution in [0, 0.1) is 5.92 Å². The lowest BCUT2D eigenvalue weighted by Crippen LogP contribution is -2.41. The summed E-state index contributed by atoms with van der Waals surface area (Å²) in [6.45, 7) is 14.2. The van der Waals surface area contributed by atoms with Gasteiger partial charge in [0.1, 0.15) is 11.7 Å². The standard InChI is InChI=1S/C27H35N6O6P/c1-14(2)38-26(35)16(4)32-40(6,39-18-7-10-21-22(11-18)37-13-36-21)17(5)19-8-9-20(15(19)3)33-12-29-23-24(33)30-27(28)31-25(23)34/h7,10-12,14,16-17,19-20,32H,3,8-9,13H2,1-2,4-6H3,(H2-,28,30,31,34)/p+1/t16-,17?,19-,20+,40?/m1/s1. The first-order valence-electron chi connectivity index (χ1n) is 13.3. The molecule has 2 unspecified atom stereocenters. The van der Waals surface area contributed by atoms with Crippen molar-refractivity contribution in [2.45, 2.75) is 64.4 Å². The predicted molar refractivity (Wildman–Crippen MR) is 153 cm³/mol. The normalized spacial score (nSPS) is 21.4. The molecule has 214 valence electrons. The summed E-state index contributed by atoms with van der Waals surface area (Å²) in [6, 6.07) is 4.75. The molecule has 5 rings (SSSR count). The highest BCUT2D eigenvalue weighted by molar-refractivity contribution is 7.69. The molecule has 4 N–H and O–H groups in total. The number of anilines is 1. The molecule has 40 heavy (non-hydrogen) atoms. The number of carbonyl (C=O) groups excluding carboxylic acids is 1. The zero-order chi connectivity index (χ0) is 28.8. The number of allylic oxidation sites excluding steroid dienone is 1. The third-order valence-corrected chi connectivity index (χ3v) is 11.0. The van der Waals surface area contributed by atoms with E-state index < -0.39 is 13.7 Å². The summed E-state index contributed by atoms with van der Waals surface area (Å²) in [6.07, 6.45) is 3.00. The van der Waals surface area contributed by atoms with Crippen molar-refractivity contribution in [3.8, 4) is 17.2 Å². The number of nitrogen functional groups attached to an aromatic ring is 1. The molecule has 0 amide bonds. The van der Waals surface area contributed by atoms with Gasteiger partial charge in [-0.05, 0) is 58.2 Å². The Balaban J connectivity index is 1.43. The average molecular weight is 572 g/mol. The number of imidazole rings is 1. The molecule has 2 aromatic heterocycles. The molecule has 3 heterocycles. The van der Waals surface area contributed by atoms with Gasteiger partial charge in [0.15, 0.2) is 28.4 Å². The second-order valence-corrected chi connectivity index (χ2v) is 14.0. The number of H-pyrrole nitrogens is 1. The topological polar surface area (TPSA) is 156 Å². The number of hydrogen-bond donors (Lipinski definition) is 3. The number of benzene rings is 1. The SMILES string of the molecule is C=C1[C@H](C(C)[P+](C)(N[C@H](C)C(=O)OC(C)C)Oc2ccc3c(c2)OCO3)CC[C@@H]1n1cnc2c(=O)[nH]c(N)nc21. The van der Waals surface area contributed by atoms with Crippen LogP contribution in [-0.2, 0) is 9.53 Å². The summed E-state index contributed by atoms with van der Waals surface area (Å²) < 4.78 is 25.1. The molecule has 1 aromatic carbocycles. The maximum absolute atomic E-state index is 12.8. The zero-order valence-corrected chi connectivity index (χ0v) is 24.2. The van der Waals surface area contributed by atoms with Gasteiger partial charge in [-0.2, -0.15) is 4.98 Å². The lowest BCUT2D eigenvalue weighted by molar-refractivity contribution is -0.148. The highest BCUT2D eigenvalue weighted by Gasteiger charge is 2.52. The number of hydrogen-bond acceptors (Lipinski definition) is 10. The van der Waals surface area contributed by atoms with E-state index >= 15 is 0 Å². The van der Waals surface area contributed by atoms with Crippen LogP contribution in [-0.4, -0.2) is 56.8 Å². The smallest absolute Gasteiger partial charge is 0.326 e. The predicted octanol–water partition coefficient (Wildman–Crippen LogP) is 3.81. The Hall–Kier alpha value is -3.63. The fourth-order valence-electron chi connectivity index (χ4n) is 5.49. The van der Waals surface area contributed by atoms with Crippen molar-refractivity contribution < 1.29 is 23.5 Å². The van der Waals surface area contributed by atoms with Crippen molar-refractivity contribution in [1.29, 1.82) is 0 Å². The van der Waals surface area contributed by atoms with E-state index in [1.54, 1.807) is 13.3 Å². The van der Waals surface area contributed by atoms with Gasteiger partial charge in [0.25, 0.3) is 13.2 Å². The van der Waals surface area contributed by atoms with Crippen molar-refractivity contribution in [2.24, 2.45) is 5.92 Å². The number of rotatable bonds is 9. The highest BCUT2D eigenvalue weighted by Crippen LogP contribution is 2.63. The molecule has 0 bridgehead atoms. The van der Waals surface area contributed by atoms with Crippen molar-refractivity contribution >= 4 is 30.7 Å². The molecule has 3 aromatic rings. The Bertz CT molecular complexity index is 1500. The fourth-order valence-corrected chi connectivity index (χ4v) is 8.40. The maximum atomic E-state index is 12.8. The minimum absolute atomic E-state index is 0.0369. The van der Waals surface area contributed by atoms with Crippen LogP contribution < -0.4 is 30.4 Å². The molecule has 0 radical (unpaired) electrons. The van der Waals surface area contributed by atoms with E-state index in [-0.39, 0.29) is 53.5 Å². The summed E-state index contributed by atoms with van der Waals surface area (Å²) in [5.41, 5.74) is 7.05. The number of aromatic amines is 1. The van der Waals surface area contributed by atoms with Crippen molar-refractivity contribution in [1.82, 2.24) is 24.6 Å². The number of nitrogens with zero attached hydrogens (tertiary/aromatic N) is 3. The highest BCUT2D eigenvalue weighted by atomic mass is 31.2. The molecule has 2 aliphatic rings. The number of nitrogens with two attached hydrogens (primary N) is 1. The van der Waals surface area contributed by atoms with Gasteiger partial charge in [-0.3, -0.25) is 14.6 Å². The number of carbonyl (C=O) groups is 1. The van der Waals surface area contributed by atoms with Crippen LogP contribution in [0.1, 0.15) is 46.6 Å². The first kappa shape index (κ1) is 27.9. The molecule has 1 aliphatic heterocycles. The molecule has 1 saturated carbocycles. The molecular formula is C27H36N6O6P+. The third kappa shape index (κ3) is 5.25. The zero-order valence-electron chi connectivity index (χ0n) is 23.3. The molecule has 0 spiro atoms. The van der Waals surface area contributed by atoms with E-state index in [9.17, 15) is 9.59 Å². The van der Waals surface area contributed by atoms with Gasteiger partial charge in [-0.1, -0.05) is 6.58 Å². The van der Waals surface area contributed by atoms with Crippen LogP contribution in [0.4, 0.5) is 5.95 Å². The third-order valence-electron chi connectivity index (χ3n) is 7.60. The molecule has 5 atom stereocenters. The van der Waals surface area contributed by atoms with Crippen LogP contribution in [0.5, 0.6) is 17.2 Å². The second-order valence-electron chi connectivity index (χ2n) is 10.7. The minimum Gasteiger partial charge on any atom is -0.462 e. The van der Waals surface area contributed by atoms with E-state index in [1.807, 2.05) is 43.3 Å². The van der Waals surface area contributed by atoms with Crippen LogP contribution in [0.25, 0.3) is 11.2 Å². The molecule has 12 nitrogen and oxygen atoms in total. The minimum atomic E-state index is -2.54. The summed E-state index contributed by atoms with van der Waals surface area (Å²) in [7, 11) is -2.54. The lowest BCUT2D eigenvalue weighted by atomic mass is 9.99. The van der Waals surface area contributed by atoms with Gasteiger partial charge < -0.3 is 29.0 Å². The van der Waals surface area contributed by atoms with Gasteiger partial charge in [0.2, 0.25) is 12.7 Å². The Labute approximate surface area is 232 Å². The van der Waals surface area contributed by atoms with E-state index in [0.717, 1.165) is 18.4 Å². The maximum Gasteiger partial charge on any atom is 0.326 e. The largest absolute Gasteiger partial charge is 0.462 e. The Morgan fingerprint density at radius 2 is 2.00 bits per heavy atom. The molecule has 1 aliphatic carbocycles. The van der Waals surface area contributed by atoms with Gasteiger partial charge in [0.05, 0.1) is 25.1 Å². The Kier molecular flexibility index (Phi) is 7.50. The van der Waals surface area contributed by atoms with Gasteiger partial charge >= 0.3 is 5.97 Å². The van der Waals surface area contributed by atoms with E-state index in [0.29, 0.717) is 22.9 Å². The number of aromatic nitrogens is 4. The number of fused-ring (bicyclic) bond motifs is 2. The van der Waals surface area contributed by atoms with Gasteiger partial charge in [0, 0.05) is 12.0 Å². The van der Waals surface area contributed by atoms with Gasteiger partial charge in [-0.25, -0.2) is 4.98 Å². The Morgan fingerprint density at radius 1 is 1.25 bits per heavy atom. The second kappa shape index (κ2) is 10.7. The number of esters is 1. The van der Waals surface area contributed by atoms with Gasteiger partial charge in [-0.15, -0.1) is 5.09 Å². The van der Waals surface area contributed by atoms with Crippen molar-refractivity contribution in [3.05, 3.63) is 47.0 Å². The Morgan fingerprint density at radius 3 is 2.75 bits per heavy atom. The first-order chi connectivity index (χ1) is 19.0. The molecule has 1 fully saturated rings. The summed E-state index contributed by atoms with van der Waals surface area (Å²) in [5, 5.41) is 3.51. The summed E-state index contributed by atoms with van der Waals surface area (Å²) >= 11 is 0. The molecule has 13 heteroatoms. The summed E-state index contributed by atoms with van der Waals surface area (Å²) in [4.78, 5) is 36.2. The van der Waals surface area contributed by atoms with E-state index in [1.165, 1.54) is 0 Å². The average Bonchev–Trinajstić information content (AvgIpc) is 3.61. The van der Waals surface area contributed by atoms with Crippen LogP contribution >= 0.6 is 7.64 Å². The van der Waals surface area contributed by atoms with E-state index in [2.05, 4.69) is 33.5 Å². The summed E-state index contributed by atoms with van der Waals surface area (Å²) in [5.74, 6) is 1.64. The quantitative estimate of drug-likeness (QED) is 0.196. The van der Waals surface area contributed by atoms with Crippen LogP contribution in [0.2, 0.25) is 0 Å². The van der Waals surface area contributed by atoms with Crippen LogP contribution in [0.3, 0.4) is 0 Å². The van der Waals surface area contributed by atoms with Crippen molar-refractivity contribution in [2.75, 3.05) is 19.2 Å². The van der Waals surface area contributed by atoms with Crippen molar-refractivity contribution in [3.63, 3.8) is 0 Å². The lowest BCUT2D eigenvalue weighted by Gasteiger charge is -2.33. The monoisotopic (exact) mass is 571 g/mol. The van der Waals surface area contributed by atoms with Crippen LogP contribution in [0.15, 0.2) is 41.5 Å².